The van der Waals surface area contributed by atoms with Gasteiger partial charge in [-0.05, 0) is 32.3 Å². The second-order valence-electron chi connectivity index (χ2n) is 5.22. The van der Waals surface area contributed by atoms with E-state index in [4.69, 9.17) is 4.74 Å². The Bertz CT molecular complexity index is 508. The van der Waals surface area contributed by atoms with Gasteiger partial charge in [0.05, 0.1) is 12.7 Å². The van der Waals surface area contributed by atoms with Gasteiger partial charge in [0.25, 0.3) is 0 Å². The molecule has 0 spiro atoms. The molecule has 0 radical (unpaired) electrons. The number of rotatable bonds is 7. The normalized spacial score (nSPS) is 12.0. The zero-order chi connectivity index (χ0) is 16.0. The number of ether oxygens (including phenoxy) is 1. The second-order valence-corrected chi connectivity index (χ2v) is 6.44. The lowest BCUT2D eigenvalue weighted by molar-refractivity contribution is -0.120. The van der Waals surface area contributed by atoms with Crippen molar-refractivity contribution in [2.75, 3.05) is 12.4 Å². The van der Waals surface area contributed by atoms with Crippen LogP contribution in [0.2, 0.25) is 0 Å². The van der Waals surface area contributed by atoms with E-state index >= 15 is 0 Å². The highest BCUT2D eigenvalue weighted by Crippen LogP contribution is 2.33. The Labute approximate surface area is 130 Å². The minimum atomic E-state index is -0.395. The van der Waals surface area contributed by atoms with Crippen molar-refractivity contribution in [3.8, 4) is 0 Å². The number of unbranched alkanes of at least 4 members (excludes halogenated alkanes) is 1. The molecule has 0 bridgehead atoms. The summed E-state index contributed by atoms with van der Waals surface area (Å²) in [5, 5.41) is 3.53. The van der Waals surface area contributed by atoms with Crippen molar-refractivity contribution in [1.82, 2.24) is 0 Å². The first-order chi connectivity index (χ1) is 9.96. The van der Waals surface area contributed by atoms with Gasteiger partial charge in [0.2, 0.25) is 5.91 Å². The first-order valence-corrected chi connectivity index (χ1v) is 8.26. The largest absolute Gasteiger partial charge is 0.465 e. The molecule has 21 heavy (non-hydrogen) atoms. The first kappa shape index (κ1) is 17.7. The number of aryl methyl sites for hydroxylation is 1. The Hall–Kier alpha value is -1.36. The molecular formula is C16H25NO3S. The number of hydrogen-bond acceptors (Lipinski definition) is 4. The third kappa shape index (κ3) is 4.30. The van der Waals surface area contributed by atoms with Crippen LogP contribution in [0.1, 0.15) is 60.3 Å². The van der Waals surface area contributed by atoms with E-state index in [1.807, 2.05) is 20.8 Å². The van der Waals surface area contributed by atoms with Gasteiger partial charge in [-0.2, -0.15) is 0 Å². The monoisotopic (exact) mass is 311 g/mol. The van der Waals surface area contributed by atoms with Crippen LogP contribution in [0.4, 0.5) is 5.00 Å². The average Bonchev–Trinajstić information content (AvgIpc) is 2.73. The molecule has 0 fully saturated rings. The van der Waals surface area contributed by atoms with E-state index < -0.39 is 5.97 Å². The topological polar surface area (TPSA) is 55.4 Å². The third-order valence-electron chi connectivity index (χ3n) is 3.78. The number of carbonyl (C=O) groups excluding carboxylic acids is 2. The Balaban J connectivity index is 2.94. The summed E-state index contributed by atoms with van der Waals surface area (Å²) in [7, 11) is 1.36. The molecule has 5 heteroatoms. The molecule has 4 nitrogen and oxygen atoms in total. The molecule has 1 aromatic rings. The Kier molecular flexibility index (Phi) is 6.89. The fourth-order valence-corrected chi connectivity index (χ4v) is 3.30. The molecule has 0 saturated heterocycles. The van der Waals surface area contributed by atoms with Crippen LogP contribution in [0.15, 0.2) is 0 Å². The minimum absolute atomic E-state index is 0.00170. The standard InChI is InChI=1S/C16H25NO3S/c1-6-8-9-12(7-2)14(18)17-15-13(16(19)20-5)10(3)11(4)21-15/h12H,6-9H2,1-5H3,(H,17,18). The maximum Gasteiger partial charge on any atom is 0.341 e. The van der Waals surface area contributed by atoms with Gasteiger partial charge in [0, 0.05) is 10.8 Å². The molecule has 118 valence electrons. The van der Waals surface area contributed by atoms with E-state index in [1.54, 1.807) is 0 Å². The van der Waals surface area contributed by atoms with Crippen LogP contribution in [0.5, 0.6) is 0 Å². The molecule has 0 aliphatic heterocycles. The van der Waals surface area contributed by atoms with Crippen molar-refractivity contribution in [3.63, 3.8) is 0 Å². The highest BCUT2D eigenvalue weighted by molar-refractivity contribution is 7.16. The highest BCUT2D eigenvalue weighted by atomic mass is 32.1. The van der Waals surface area contributed by atoms with Crippen molar-refractivity contribution in [3.05, 3.63) is 16.0 Å². The van der Waals surface area contributed by atoms with Gasteiger partial charge < -0.3 is 10.1 Å². The molecular weight excluding hydrogens is 286 g/mol. The molecule has 1 atom stereocenters. The summed E-state index contributed by atoms with van der Waals surface area (Å²) in [4.78, 5) is 25.3. The van der Waals surface area contributed by atoms with E-state index in [2.05, 4.69) is 12.2 Å². The smallest absolute Gasteiger partial charge is 0.341 e. The second kappa shape index (κ2) is 8.17. The number of nitrogens with one attached hydrogen (secondary N) is 1. The van der Waals surface area contributed by atoms with E-state index in [1.165, 1.54) is 18.4 Å². The maximum absolute atomic E-state index is 12.4. The summed E-state index contributed by atoms with van der Waals surface area (Å²) in [5.74, 6) is -0.399. The van der Waals surface area contributed by atoms with Crippen LogP contribution in [0, 0.1) is 19.8 Å². The van der Waals surface area contributed by atoms with Gasteiger partial charge in [-0.3, -0.25) is 4.79 Å². The van der Waals surface area contributed by atoms with Crippen molar-refractivity contribution < 1.29 is 14.3 Å². The van der Waals surface area contributed by atoms with Gasteiger partial charge in [0.1, 0.15) is 5.00 Å². The zero-order valence-corrected chi connectivity index (χ0v) is 14.4. The van der Waals surface area contributed by atoms with Gasteiger partial charge in [-0.15, -0.1) is 11.3 Å². The fraction of sp³-hybridized carbons (Fsp3) is 0.625. The average molecular weight is 311 g/mol. The van der Waals surface area contributed by atoms with Crippen molar-refractivity contribution in [2.45, 2.75) is 53.4 Å². The van der Waals surface area contributed by atoms with Gasteiger partial charge in [-0.1, -0.05) is 26.7 Å². The Morgan fingerprint density at radius 1 is 1.29 bits per heavy atom. The quantitative estimate of drug-likeness (QED) is 0.764. The van der Waals surface area contributed by atoms with E-state index in [-0.39, 0.29) is 11.8 Å². The Morgan fingerprint density at radius 3 is 2.48 bits per heavy atom. The van der Waals surface area contributed by atoms with Crippen molar-refractivity contribution in [1.29, 1.82) is 0 Å². The van der Waals surface area contributed by atoms with E-state index in [9.17, 15) is 9.59 Å². The lowest BCUT2D eigenvalue weighted by Gasteiger charge is -2.14. The molecule has 1 amide bonds. The number of thiophene rings is 1. The van der Waals surface area contributed by atoms with Gasteiger partial charge >= 0.3 is 5.97 Å². The van der Waals surface area contributed by atoms with Crippen LogP contribution in [-0.4, -0.2) is 19.0 Å². The van der Waals surface area contributed by atoms with Crippen LogP contribution < -0.4 is 5.32 Å². The number of anilines is 1. The first-order valence-electron chi connectivity index (χ1n) is 7.45. The van der Waals surface area contributed by atoms with Crippen LogP contribution in [-0.2, 0) is 9.53 Å². The number of carbonyl (C=O) groups is 2. The highest BCUT2D eigenvalue weighted by Gasteiger charge is 2.23. The summed E-state index contributed by atoms with van der Waals surface area (Å²) in [6.45, 7) is 7.95. The predicted octanol–water partition coefficient (Wildman–Crippen LogP) is 4.31. The van der Waals surface area contributed by atoms with E-state index in [0.717, 1.165) is 36.1 Å². The third-order valence-corrected chi connectivity index (χ3v) is 4.90. The number of hydrogen-bond donors (Lipinski definition) is 1. The molecule has 0 aliphatic rings. The predicted molar refractivity (Wildman–Crippen MR) is 87.1 cm³/mol. The summed E-state index contributed by atoms with van der Waals surface area (Å²) in [6.07, 6.45) is 3.81. The lowest BCUT2D eigenvalue weighted by Crippen LogP contribution is -2.23. The molecule has 0 aromatic carbocycles. The maximum atomic E-state index is 12.4. The van der Waals surface area contributed by atoms with Crippen LogP contribution in [0.25, 0.3) is 0 Å². The van der Waals surface area contributed by atoms with E-state index in [0.29, 0.717) is 10.6 Å². The zero-order valence-electron chi connectivity index (χ0n) is 13.5. The fourth-order valence-electron chi connectivity index (χ4n) is 2.25. The summed E-state index contributed by atoms with van der Waals surface area (Å²) >= 11 is 1.43. The molecule has 0 aliphatic carbocycles. The molecule has 1 unspecified atom stereocenters. The number of esters is 1. The lowest BCUT2D eigenvalue weighted by atomic mass is 9.98. The van der Waals surface area contributed by atoms with Gasteiger partial charge in [-0.25, -0.2) is 4.79 Å². The SMILES string of the molecule is CCCCC(CC)C(=O)Nc1sc(C)c(C)c1C(=O)OC. The molecule has 1 rings (SSSR count). The molecule has 1 N–H and O–H groups in total. The van der Waals surface area contributed by atoms with Crippen molar-refractivity contribution in [2.24, 2.45) is 5.92 Å². The van der Waals surface area contributed by atoms with Crippen molar-refractivity contribution >= 4 is 28.2 Å². The molecule has 1 heterocycles. The number of methoxy groups -OCH3 is 1. The van der Waals surface area contributed by atoms with Crippen LogP contribution in [0.3, 0.4) is 0 Å². The van der Waals surface area contributed by atoms with Gasteiger partial charge in [0.15, 0.2) is 0 Å². The molecule has 0 saturated carbocycles. The Morgan fingerprint density at radius 2 is 1.95 bits per heavy atom. The molecule has 1 aromatic heterocycles. The summed E-state index contributed by atoms with van der Waals surface area (Å²) < 4.78 is 4.82. The summed E-state index contributed by atoms with van der Waals surface area (Å²) in [6, 6.07) is 0. The minimum Gasteiger partial charge on any atom is -0.465 e. The van der Waals surface area contributed by atoms with Crippen LogP contribution >= 0.6 is 11.3 Å². The summed E-state index contributed by atoms with van der Waals surface area (Å²) in [5.41, 5.74) is 1.36. The number of amides is 1.